The van der Waals surface area contributed by atoms with Crippen molar-refractivity contribution in [3.05, 3.63) is 24.3 Å². The summed E-state index contributed by atoms with van der Waals surface area (Å²) in [4.78, 5) is 22.7. The average Bonchev–Trinajstić information content (AvgIpc) is 2.48. The predicted molar refractivity (Wildman–Crippen MR) is 90.2 cm³/mol. The second-order valence-electron chi connectivity index (χ2n) is 4.74. The molecule has 0 radical (unpaired) electrons. The first-order valence-electron chi connectivity index (χ1n) is 7.05. The first-order valence-corrected chi connectivity index (χ1v) is 8.45. The number of ether oxygens (including phenoxy) is 1. The summed E-state index contributed by atoms with van der Waals surface area (Å²) in [5.74, 6) is 1.20. The molecule has 1 atom stereocenters. The fourth-order valence-corrected chi connectivity index (χ4v) is 2.21. The van der Waals surface area contributed by atoms with Gasteiger partial charge >= 0.3 is 0 Å². The fourth-order valence-electron chi connectivity index (χ4n) is 1.72. The minimum Gasteiger partial charge on any atom is -0.492 e. The van der Waals surface area contributed by atoms with E-state index in [-0.39, 0.29) is 11.8 Å². The topological polar surface area (TPSA) is 93.5 Å². The van der Waals surface area contributed by atoms with E-state index in [1.807, 2.05) is 6.26 Å². The smallest absolute Gasteiger partial charge is 0.237 e. The molecule has 0 aliphatic carbocycles. The van der Waals surface area contributed by atoms with E-state index >= 15 is 0 Å². The molecule has 0 spiro atoms. The van der Waals surface area contributed by atoms with Crippen LogP contribution >= 0.6 is 11.8 Å². The van der Waals surface area contributed by atoms with Gasteiger partial charge < -0.3 is 21.1 Å². The number of hydrogen-bond acceptors (Lipinski definition) is 5. The van der Waals surface area contributed by atoms with Gasteiger partial charge in [0.15, 0.2) is 0 Å². The molecule has 0 saturated heterocycles. The van der Waals surface area contributed by atoms with Crippen LogP contribution in [0.25, 0.3) is 0 Å². The van der Waals surface area contributed by atoms with Crippen LogP contribution < -0.4 is 21.1 Å². The molecule has 0 fully saturated rings. The first-order chi connectivity index (χ1) is 10.5. The molecule has 6 nitrogen and oxygen atoms in total. The fraction of sp³-hybridized carbons (Fsp3) is 0.467. The summed E-state index contributed by atoms with van der Waals surface area (Å²) in [5, 5.41) is 5.42. The molecule has 0 heterocycles. The number of nitrogens with two attached hydrogens (primary N) is 1. The van der Waals surface area contributed by atoms with Gasteiger partial charge in [0.2, 0.25) is 11.8 Å². The molecule has 4 N–H and O–H groups in total. The Kier molecular flexibility index (Phi) is 8.39. The molecule has 122 valence electrons. The summed E-state index contributed by atoms with van der Waals surface area (Å²) < 4.78 is 5.53. The van der Waals surface area contributed by atoms with Gasteiger partial charge in [-0.25, -0.2) is 0 Å². The summed E-state index contributed by atoms with van der Waals surface area (Å²) >= 11 is 1.66. The minimum absolute atomic E-state index is 0.136. The maximum atomic E-state index is 11.7. The lowest BCUT2D eigenvalue weighted by Crippen LogP contribution is -2.42. The van der Waals surface area contributed by atoms with Crippen LogP contribution in [0.4, 0.5) is 5.69 Å². The summed E-state index contributed by atoms with van der Waals surface area (Å²) in [6, 6.07) is 6.61. The van der Waals surface area contributed by atoms with Gasteiger partial charge in [-0.2, -0.15) is 11.8 Å². The van der Waals surface area contributed by atoms with Crippen LogP contribution in [0.2, 0.25) is 0 Å². The molecule has 22 heavy (non-hydrogen) atoms. The third-order valence-electron chi connectivity index (χ3n) is 2.79. The van der Waals surface area contributed by atoms with Crippen molar-refractivity contribution in [2.75, 3.05) is 30.5 Å². The van der Waals surface area contributed by atoms with E-state index in [4.69, 9.17) is 10.5 Å². The standard InChI is InChI=1S/C15H23N3O3S/c1-11(19)18-12-4-3-5-13(10-12)21-8-7-17-15(20)14(16)6-9-22-2/h3-5,10,14H,6-9,16H2,1-2H3,(H,17,20)(H,18,19)/t14-/m0/s1. The highest BCUT2D eigenvalue weighted by atomic mass is 32.2. The van der Waals surface area contributed by atoms with Gasteiger partial charge in [-0.1, -0.05) is 6.07 Å². The maximum absolute atomic E-state index is 11.7. The van der Waals surface area contributed by atoms with E-state index in [1.165, 1.54) is 6.92 Å². The Balaban J connectivity index is 2.29. The average molecular weight is 325 g/mol. The zero-order chi connectivity index (χ0) is 16.4. The molecule has 1 rings (SSSR count). The summed E-state index contributed by atoms with van der Waals surface area (Å²) in [7, 11) is 0. The summed E-state index contributed by atoms with van der Waals surface area (Å²) in [6.07, 6.45) is 2.64. The molecule has 1 aromatic carbocycles. The third kappa shape index (κ3) is 7.33. The molecule has 0 aromatic heterocycles. The van der Waals surface area contributed by atoms with Crippen molar-refractivity contribution in [3.8, 4) is 5.75 Å². The second-order valence-corrected chi connectivity index (χ2v) is 5.72. The van der Waals surface area contributed by atoms with Crippen molar-refractivity contribution in [3.63, 3.8) is 0 Å². The lowest BCUT2D eigenvalue weighted by Gasteiger charge is -2.12. The van der Waals surface area contributed by atoms with Crippen LogP contribution in [-0.2, 0) is 9.59 Å². The normalized spacial score (nSPS) is 11.6. The van der Waals surface area contributed by atoms with Crippen molar-refractivity contribution in [2.24, 2.45) is 5.73 Å². The van der Waals surface area contributed by atoms with Gasteiger partial charge in [0.05, 0.1) is 12.6 Å². The Morgan fingerprint density at radius 1 is 1.41 bits per heavy atom. The number of anilines is 1. The van der Waals surface area contributed by atoms with Gasteiger partial charge in [-0.05, 0) is 30.6 Å². The molecule has 0 aliphatic heterocycles. The first kappa shape index (κ1) is 18.3. The number of thioether (sulfide) groups is 1. The summed E-state index contributed by atoms with van der Waals surface area (Å²) in [6.45, 7) is 2.17. The monoisotopic (exact) mass is 325 g/mol. The number of benzene rings is 1. The van der Waals surface area contributed by atoms with Crippen molar-refractivity contribution < 1.29 is 14.3 Å². The van der Waals surface area contributed by atoms with Crippen LogP contribution in [0.3, 0.4) is 0 Å². The van der Waals surface area contributed by atoms with Crippen molar-refractivity contribution in [2.45, 2.75) is 19.4 Å². The van der Waals surface area contributed by atoms with Gasteiger partial charge in [0.1, 0.15) is 12.4 Å². The SMILES string of the molecule is CSCC[C@H](N)C(=O)NCCOc1cccc(NC(C)=O)c1. The van der Waals surface area contributed by atoms with Crippen LogP contribution in [-0.4, -0.2) is 43.0 Å². The molecule has 1 aromatic rings. The Morgan fingerprint density at radius 2 is 2.18 bits per heavy atom. The number of nitrogens with one attached hydrogen (secondary N) is 2. The van der Waals surface area contributed by atoms with E-state index in [1.54, 1.807) is 36.0 Å². The highest BCUT2D eigenvalue weighted by Gasteiger charge is 2.11. The minimum atomic E-state index is -0.476. The number of carbonyl (C=O) groups excluding carboxylic acids is 2. The van der Waals surface area contributed by atoms with E-state index < -0.39 is 6.04 Å². The zero-order valence-electron chi connectivity index (χ0n) is 12.9. The molecular formula is C15H23N3O3S. The van der Waals surface area contributed by atoms with Crippen molar-refractivity contribution in [1.82, 2.24) is 5.32 Å². The molecule has 0 unspecified atom stereocenters. The van der Waals surface area contributed by atoms with Gasteiger partial charge in [-0.3, -0.25) is 9.59 Å². The molecule has 7 heteroatoms. The van der Waals surface area contributed by atoms with Crippen LogP contribution in [0.5, 0.6) is 5.75 Å². The van der Waals surface area contributed by atoms with E-state index in [9.17, 15) is 9.59 Å². The Bertz CT molecular complexity index is 497. The van der Waals surface area contributed by atoms with E-state index in [2.05, 4.69) is 10.6 Å². The van der Waals surface area contributed by atoms with E-state index in [0.717, 1.165) is 5.75 Å². The predicted octanol–water partition coefficient (Wildman–Crippen LogP) is 1.22. The number of rotatable bonds is 9. The van der Waals surface area contributed by atoms with Gasteiger partial charge in [0.25, 0.3) is 0 Å². The number of hydrogen-bond donors (Lipinski definition) is 3. The summed E-state index contributed by atoms with van der Waals surface area (Å²) in [5.41, 5.74) is 6.43. The second kappa shape index (κ2) is 10.1. The maximum Gasteiger partial charge on any atom is 0.237 e. The van der Waals surface area contributed by atoms with Crippen molar-refractivity contribution in [1.29, 1.82) is 0 Å². The van der Waals surface area contributed by atoms with Crippen molar-refractivity contribution >= 4 is 29.3 Å². The van der Waals surface area contributed by atoms with Crippen LogP contribution in [0, 0.1) is 0 Å². The molecular weight excluding hydrogens is 302 g/mol. The van der Waals surface area contributed by atoms with Crippen LogP contribution in [0.15, 0.2) is 24.3 Å². The molecule has 0 bridgehead atoms. The Hall–Kier alpha value is -1.73. The zero-order valence-corrected chi connectivity index (χ0v) is 13.7. The third-order valence-corrected chi connectivity index (χ3v) is 3.44. The lowest BCUT2D eigenvalue weighted by molar-refractivity contribution is -0.122. The Labute approximate surface area is 135 Å². The number of amides is 2. The largest absolute Gasteiger partial charge is 0.492 e. The quantitative estimate of drug-likeness (QED) is 0.594. The Morgan fingerprint density at radius 3 is 2.86 bits per heavy atom. The highest BCUT2D eigenvalue weighted by molar-refractivity contribution is 7.98. The van der Waals surface area contributed by atoms with Crippen LogP contribution in [0.1, 0.15) is 13.3 Å². The van der Waals surface area contributed by atoms with Gasteiger partial charge in [-0.15, -0.1) is 0 Å². The van der Waals surface area contributed by atoms with Gasteiger partial charge in [0, 0.05) is 18.7 Å². The molecule has 2 amide bonds. The molecule has 0 saturated carbocycles. The number of carbonyl (C=O) groups is 2. The molecule has 0 aliphatic rings. The lowest BCUT2D eigenvalue weighted by atomic mass is 10.2. The highest BCUT2D eigenvalue weighted by Crippen LogP contribution is 2.16. The van der Waals surface area contributed by atoms with E-state index in [0.29, 0.717) is 31.0 Å².